The first-order valence-electron chi connectivity index (χ1n) is 10.7. The Balaban J connectivity index is 2.05. The molecule has 0 bridgehead atoms. The molecular weight excluding hydrogens is 490 g/mol. The van der Waals surface area contributed by atoms with Crippen molar-refractivity contribution in [3.8, 4) is 0 Å². The summed E-state index contributed by atoms with van der Waals surface area (Å²) in [5.74, 6) is -5.08. The maximum Gasteiger partial charge on any atom is 0.321 e. The molecule has 0 saturated heterocycles. The molecule has 8 heteroatoms. The van der Waals surface area contributed by atoms with Crippen molar-refractivity contribution in [1.82, 2.24) is 4.57 Å². The Morgan fingerprint density at radius 1 is 0.879 bits per heavy atom. The quantitative estimate of drug-likeness (QED) is 0.237. The Kier molecular flexibility index (Phi) is 8.27. The molecule has 3 aromatic rings. The second kappa shape index (κ2) is 11.1. The van der Waals surface area contributed by atoms with Gasteiger partial charge >= 0.3 is 17.9 Å². The predicted molar refractivity (Wildman–Crippen MR) is 126 cm³/mol. The SMILES string of the molecule is CCOC(=O)C(C(=O)OCC)[C@@H](C(=O)OCc1ccc(Br)cc1)c1cn(C)c2ccccc12. The normalized spacial score (nSPS) is 11.9. The highest BCUT2D eigenvalue weighted by Gasteiger charge is 2.45. The van der Waals surface area contributed by atoms with Crippen molar-refractivity contribution in [1.29, 1.82) is 0 Å². The zero-order chi connectivity index (χ0) is 24.0. The van der Waals surface area contributed by atoms with Gasteiger partial charge in [0.05, 0.1) is 13.2 Å². The van der Waals surface area contributed by atoms with Crippen molar-refractivity contribution in [3.63, 3.8) is 0 Å². The summed E-state index contributed by atoms with van der Waals surface area (Å²) in [4.78, 5) is 39.2. The lowest BCUT2D eigenvalue weighted by molar-refractivity contribution is -0.168. The smallest absolute Gasteiger partial charge is 0.321 e. The molecule has 174 valence electrons. The lowest BCUT2D eigenvalue weighted by Crippen LogP contribution is -2.37. The Morgan fingerprint density at radius 3 is 2.09 bits per heavy atom. The molecule has 0 radical (unpaired) electrons. The highest BCUT2D eigenvalue weighted by atomic mass is 79.9. The van der Waals surface area contributed by atoms with Crippen LogP contribution in [0.4, 0.5) is 0 Å². The number of fused-ring (bicyclic) bond motifs is 1. The second-order valence-corrected chi connectivity index (χ2v) is 8.32. The van der Waals surface area contributed by atoms with Crippen LogP contribution in [0, 0.1) is 5.92 Å². The van der Waals surface area contributed by atoms with Crippen LogP contribution in [0.1, 0.15) is 30.9 Å². The maximum atomic E-state index is 13.4. The summed E-state index contributed by atoms with van der Waals surface area (Å²) in [6, 6.07) is 14.8. The van der Waals surface area contributed by atoms with E-state index in [1.54, 1.807) is 20.0 Å². The molecule has 2 aromatic carbocycles. The molecule has 0 amide bonds. The largest absolute Gasteiger partial charge is 0.465 e. The maximum absolute atomic E-state index is 13.4. The third-order valence-corrected chi connectivity index (χ3v) is 5.75. The molecule has 0 fully saturated rings. The van der Waals surface area contributed by atoms with Gasteiger partial charge in [-0.2, -0.15) is 0 Å². The number of carbonyl (C=O) groups excluding carboxylic acids is 3. The highest BCUT2D eigenvalue weighted by molar-refractivity contribution is 9.10. The average Bonchev–Trinajstić information content (AvgIpc) is 3.13. The number of esters is 3. The molecule has 3 rings (SSSR count). The minimum absolute atomic E-state index is 0.00818. The first kappa shape index (κ1) is 24.5. The van der Waals surface area contributed by atoms with Crippen LogP contribution < -0.4 is 0 Å². The van der Waals surface area contributed by atoms with Crippen LogP contribution in [-0.2, 0) is 42.2 Å². The molecular formula is C25H26BrNO6. The van der Waals surface area contributed by atoms with Crippen LogP contribution in [0.3, 0.4) is 0 Å². The van der Waals surface area contributed by atoms with Crippen LogP contribution in [0.5, 0.6) is 0 Å². The molecule has 1 atom stereocenters. The molecule has 33 heavy (non-hydrogen) atoms. The van der Waals surface area contributed by atoms with E-state index in [0.717, 1.165) is 20.9 Å². The molecule has 0 aliphatic rings. The molecule has 0 saturated carbocycles. The molecule has 7 nitrogen and oxygen atoms in total. The van der Waals surface area contributed by atoms with Crippen LogP contribution in [0.25, 0.3) is 10.9 Å². The van der Waals surface area contributed by atoms with Crippen molar-refractivity contribution in [2.75, 3.05) is 13.2 Å². The van der Waals surface area contributed by atoms with E-state index in [4.69, 9.17) is 14.2 Å². The van der Waals surface area contributed by atoms with Gasteiger partial charge in [-0.25, -0.2) is 0 Å². The van der Waals surface area contributed by atoms with Gasteiger partial charge < -0.3 is 18.8 Å². The number of aromatic nitrogens is 1. The van der Waals surface area contributed by atoms with Crippen LogP contribution in [0.2, 0.25) is 0 Å². The van der Waals surface area contributed by atoms with Crippen molar-refractivity contribution in [2.24, 2.45) is 13.0 Å². The molecule has 0 aliphatic heterocycles. The Bertz CT molecular complexity index is 1120. The number of ether oxygens (including phenoxy) is 3. The molecule has 0 N–H and O–H groups in total. The van der Waals surface area contributed by atoms with E-state index in [-0.39, 0.29) is 19.8 Å². The number of carbonyl (C=O) groups is 3. The molecule has 0 spiro atoms. The summed E-state index contributed by atoms with van der Waals surface area (Å²) in [6.45, 7) is 3.39. The first-order valence-corrected chi connectivity index (χ1v) is 11.4. The number of rotatable bonds is 9. The van der Waals surface area contributed by atoms with Gasteiger partial charge in [0.25, 0.3) is 0 Å². The highest BCUT2D eigenvalue weighted by Crippen LogP contribution is 2.35. The van der Waals surface area contributed by atoms with Gasteiger partial charge in [-0.1, -0.05) is 46.3 Å². The molecule has 1 aromatic heterocycles. The number of nitrogens with zero attached hydrogens (tertiary/aromatic N) is 1. The van der Waals surface area contributed by atoms with Crippen LogP contribution in [0.15, 0.2) is 59.2 Å². The van der Waals surface area contributed by atoms with Gasteiger partial charge in [-0.15, -0.1) is 0 Å². The summed E-state index contributed by atoms with van der Waals surface area (Å²) in [6.07, 6.45) is 1.74. The van der Waals surface area contributed by atoms with Gasteiger partial charge in [0, 0.05) is 28.6 Å². The Labute approximate surface area is 200 Å². The lowest BCUT2D eigenvalue weighted by atomic mass is 9.85. The topological polar surface area (TPSA) is 83.8 Å². The average molecular weight is 516 g/mol. The first-order chi connectivity index (χ1) is 15.9. The van der Waals surface area contributed by atoms with E-state index < -0.39 is 29.7 Å². The summed E-state index contributed by atoms with van der Waals surface area (Å²) in [5, 5.41) is 0.740. The second-order valence-electron chi connectivity index (χ2n) is 7.41. The van der Waals surface area contributed by atoms with E-state index >= 15 is 0 Å². The number of hydrogen-bond acceptors (Lipinski definition) is 6. The Morgan fingerprint density at radius 2 is 1.48 bits per heavy atom. The monoisotopic (exact) mass is 515 g/mol. The van der Waals surface area contributed by atoms with Gasteiger partial charge in [-0.3, -0.25) is 14.4 Å². The minimum atomic E-state index is -1.49. The summed E-state index contributed by atoms with van der Waals surface area (Å²) >= 11 is 3.37. The van der Waals surface area contributed by atoms with Crippen LogP contribution in [-0.4, -0.2) is 35.7 Å². The van der Waals surface area contributed by atoms with Crippen molar-refractivity contribution in [2.45, 2.75) is 26.4 Å². The van der Waals surface area contributed by atoms with Gasteiger partial charge in [-0.05, 0) is 43.2 Å². The third kappa shape index (κ3) is 5.63. The van der Waals surface area contributed by atoms with E-state index in [0.29, 0.717) is 5.56 Å². The standard InChI is InChI=1S/C25H26BrNO6/c1-4-31-24(29)22(25(30)32-5-2)21(19-14-27(3)20-9-7-6-8-18(19)20)23(28)33-15-16-10-12-17(26)13-11-16/h6-14,21-22H,4-5,15H2,1-3H3/t21-/m0/s1. The van der Waals surface area contributed by atoms with E-state index in [1.165, 1.54) is 0 Å². The number of benzene rings is 2. The van der Waals surface area contributed by atoms with E-state index in [2.05, 4.69) is 15.9 Å². The van der Waals surface area contributed by atoms with E-state index in [9.17, 15) is 14.4 Å². The number of hydrogen-bond donors (Lipinski definition) is 0. The fraction of sp³-hybridized carbons (Fsp3) is 0.320. The van der Waals surface area contributed by atoms with Crippen LogP contribution >= 0.6 is 15.9 Å². The van der Waals surface area contributed by atoms with Gasteiger partial charge in [0.2, 0.25) is 0 Å². The minimum Gasteiger partial charge on any atom is -0.465 e. The predicted octanol–water partition coefficient (Wildman–Crippen LogP) is 4.51. The van der Waals surface area contributed by atoms with Crippen molar-refractivity contribution in [3.05, 3.63) is 70.3 Å². The summed E-state index contributed by atoms with van der Waals surface area (Å²) in [7, 11) is 1.83. The van der Waals surface area contributed by atoms with Gasteiger partial charge in [0.15, 0.2) is 5.92 Å². The molecule has 1 heterocycles. The third-order valence-electron chi connectivity index (χ3n) is 5.23. The zero-order valence-electron chi connectivity index (χ0n) is 18.7. The summed E-state index contributed by atoms with van der Waals surface area (Å²) < 4.78 is 18.7. The molecule has 0 unspecified atom stereocenters. The summed E-state index contributed by atoms with van der Waals surface area (Å²) in [5.41, 5.74) is 2.12. The van der Waals surface area contributed by atoms with Gasteiger partial charge in [0.1, 0.15) is 12.5 Å². The number of para-hydroxylation sites is 1. The Hall–Kier alpha value is -3.13. The van der Waals surface area contributed by atoms with Crippen molar-refractivity contribution >= 4 is 44.7 Å². The fourth-order valence-electron chi connectivity index (χ4n) is 3.72. The molecule has 0 aliphatic carbocycles. The lowest BCUT2D eigenvalue weighted by Gasteiger charge is -2.23. The fourth-order valence-corrected chi connectivity index (χ4v) is 3.99. The van der Waals surface area contributed by atoms with Crippen molar-refractivity contribution < 1.29 is 28.6 Å². The number of aryl methyl sites for hydroxylation is 1. The van der Waals surface area contributed by atoms with E-state index in [1.807, 2.05) is 60.1 Å². The number of halogens is 1. The zero-order valence-corrected chi connectivity index (χ0v) is 20.3.